The first-order chi connectivity index (χ1) is 11.7. The van der Waals surface area contributed by atoms with Crippen LogP contribution in [0.25, 0.3) is 16.9 Å². The topological polar surface area (TPSA) is 72.4 Å². The number of carbonyl (C=O) groups excluding carboxylic acids is 1. The maximum Gasteiger partial charge on any atom is 0.252 e. The monoisotopic (exact) mass is 320 g/mol. The van der Waals surface area contributed by atoms with Gasteiger partial charge in [-0.05, 0) is 31.4 Å². The Morgan fingerprint density at radius 1 is 1.12 bits per heavy atom. The van der Waals surface area contributed by atoms with E-state index >= 15 is 0 Å². The molecule has 1 amide bonds. The molecule has 0 bridgehead atoms. The van der Waals surface area contributed by atoms with E-state index in [2.05, 4.69) is 10.3 Å². The Labute approximate surface area is 140 Å². The lowest BCUT2D eigenvalue weighted by Gasteiger charge is -2.12. The van der Waals surface area contributed by atoms with Crippen molar-refractivity contribution in [3.8, 4) is 11.3 Å². The van der Waals surface area contributed by atoms with Crippen molar-refractivity contribution < 1.29 is 4.79 Å². The summed E-state index contributed by atoms with van der Waals surface area (Å²) < 4.78 is 1.90. The van der Waals surface area contributed by atoms with Crippen LogP contribution < -0.4 is 11.1 Å². The van der Waals surface area contributed by atoms with Gasteiger partial charge in [0, 0.05) is 30.0 Å². The molecule has 2 atom stereocenters. The van der Waals surface area contributed by atoms with E-state index in [0.717, 1.165) is 36.2 Å². The number of carbonyl (C=O) groups is 1. The van der Waals surface area contributed by atoms with Gasteiger partial charge in [-0.15, -0.1) is 0 Å². The van der Waals surface area contributed by atoms with Gasteiger partial charge in [0.1, 0.15) is 5.65 Å². The van der Waals surface area contributed by atoms with Gasteiger partial charge in [0.15, 0.2) is 0 Å². The molecule has 2 heterocycles. The van der Waals surface area contributed by atoms with Crippen LogP contribution in [0.1, 0.15) is 29.6 Å². The van der Waals surface area contributed by atoms with Gasteiger partial charge in [-0.2, -0.15) is 0 Å². The van der Waals surface area contributed by atoms with Gasteiger partial charge in [0.05, 0.1) is 11.3 Å². The van der Waals surface area contributed by atoms with E-state index in [1.54, 1.807) is 0 Å². The van der Waals surface area contributed by atoms with Crippen molar-refractivity contribution in [2.75, 3.05) is 0 Å². The fourth-order valence-electron chi connectivity index (χ4n) is 3.29. The first-order valence-electron chi connectivity index (χ1n) is 8.30. The minimum absolute atomic E-state index is 0.0500. The number of pyridine rings is 1. The van der Waals surface area contributed by atoms with E-state index in [1.165, 1.54) is 0 Å². The smallest absolute Gasteiger partial charge is 0.252 e. The summed E-state index contributed by atoms with van der Waals surface area (Å²) in [7, 11) is 0. The molecule has 1 saturated carbocycles. The van der Waals surface area contributed by atoms with Gasteiger partial charge in [0.25, 0.3) is 5.91 Å². The number of nitrogens with zero attached hydrogens (tertiary/aromatic N) is 2. The number of aromatic nitrogens is 2. The quantitative estimate of drug-likeness (QED) is 0.779. The molecule has 3 N–H and O–H groups in total. The number of nitrogens with two attached hydrogens (primary N) is 1. The molecule has 0 aliphatic heterocycles. The van der Waals surface area contributed by atoms with Gasteiger partial charge in [-0.3, -0.25) is 4.79 Å². The number of nitrogens with one attached hydrogen (secondary N) is 1. The molecule has 1 aliphatic carbocycles. The van der Waals surface area contributed by atoms with E-state index in [9.17, 15) is 4.79 Å². The summed E-state index contributed by atoms with van der Waals surface area (Å²) >= 11 is 0. The van der Waals surface area contributed by atoms with Gasteiger partial charge in [0.2, 0.25) is 0 Å². The maximum atomic E-state index is 12.4. The minimum Gasteiger partial charge on any atom is -0.349 e. The van der Waals surface area contributed by atoms with Crippen LogP contribution >= 0.6 is 0 Å². The summed E-state index contributed by atoms with van der Waals surface area (Å²) in [5.41, 5.74) is 9.33. The molecular formula is C19H20N4O. The zero-order valence-corrected chi connectivity index (χ0v) is 13.4. The predicted octanol–water partition coefficient (Wildman–Crippen LogP) is 2.61. The van der Waals surface area contributed by atoms with E-state index in [-0.39, 0.29) is 18.0 Å². The minimum atomic E-state index is -0.0500. The predicted molar refractivity (Wildman–Crippen MR) is 93.7 cm³/mol. The Hall–Kier alpha value is -2.66. The summed E-state index contributed by atoms with van der Waals surface area (Å²) in [5, 5.41) is 3.08. The molecule has 5 heteroatoms. The van der Waals surface area contributed by atoms with Crippen LogP contribution in [0.5, 0.6) is 0 Å². The Morgan fingerprint density at radius 3 is 2.71 bits per heavy atom. The number of imidazole rings is 1. The largest absolute Gasteiger partial charge is 0.349 e. The molecule has 1 fully saturated rings. The van der Waals surface area contributed by atoms with Crippen LogP contribution in [0.3, 0.4) is 0 Å². The lowest BCUT2D eigenvalue weighted by Crippen LogP contribution is -2.34. The van der Waals surface area contributed by atoms with Crippen LogP contribution in [-0.2, 0) is 0 Å². The number of amides is 1. The second kappa shape index (κ2) is 6.09. The highest BCUT2D eigenvalue weighted by atomic mass is 16.1. The summed E-state index contributed by atoms with van der Waals surface area (Å²) in [6.45, 7) is 0. The second-order valence-electron chi connectivity index (χ2n) is 6.42. The van der Waals surface area contributed by atoms with Crippen LogP contribution in [0.2, 0.25) is 0 Å². The molecule has 122 valence electrons. The summed E-state index contributed by atoms with van der Waals surface area (Å²) in [6.07, 6.45) is 6.58. The maximum absolute atomic E-state index is 12.4. The Bertz CT molecular complexity index is 871. The van der Waals surface area contributed by atoms with Gasteiger partial charge >= 0.3 is 0 Å². The molecule has 0 radical (unpaired) electrons. The van der Waals surface area contributed by atoms with Crippen molar-refractivity contribution in [3.05, 3.63) is 60.4 Å². The number of rotatable bonds is 3. The average Bonchev–Trinajstić information content (AvgIpc) is 3.21. The van der Waals surface area contributed by atoms with E-state index in [1.807, 2.05) is 59.3 Å². The highest BCUT2D eigenvalue weighted by molar-refractivity contribution is 5.94. The van der Waals surface area contributed by atoms with E-state index in [0.29, 0.717) is 5.56 Å². The lowest BCUT2D eigenvalue weighted by atomic mass is 10.2. The fraction of sp³-hybridized carbons (Fsp3) is 0.263. The highest BCUT2D eigenvalue weighted by Gasteiger charge is 2.23. The average molecular weight is 320 g/mol. The van der Waals surface area contributed by atoms with Crippen molar-refractivity contribution in [2.45, 2.75) is 31.3 Å². The number of benzene rings is 1. The van der Waals surface area contributed by atoms with Crippen molar-refractivity contribution in [3.63, 3.8) is 0 Å². The van der Waals surface area contributed by atoms with Crippen molar-refractivity contribution in [2.24, 2.45) is 5.73 Å². The standard InChI is InChI=1S/C19H20N4O/c20-15-7-8-16(10-15)21-19(24)14-6-9-18-22-17(12-23(18)11-14)13-4-2-1-3-5-13/h1-6,9,11-12,15-16H,7-8,10,20H2,(H,21,24)/t15-,16-/m1/s1. The normalized spacial score (nSPS) is 20.4. The van der Waals surface area contributed by atoms with Crippen LogP contribution in [0, 0.1) is 0 Å². The van der Waals surface area contributed by atoms with Crippen LogP contribution in [0.15, 0.2) is 54.9 Å². The van der Waals surface area contributed by atoms with Crippen molar-refractivity contribution in [1.29, 1.82) is 0 Å². The third-order valence-corrected chi connectivity index (χ3v) is 4.59. The lowest BCUT2D eigenvalue weighted by molar-refractivity contribution is 0.0937. The molecule has 2 aromatic heterocycles. The number of fused-ring (bicyclic) bond motifs is 1. The first-order valence-corrected chi connectivity index (χ1v) is 8.30. The molecule has 0 unspecified atom stereocenters. The second-order valence-corrected chi connectivity index (χ2v) is 6.42. The van der Waals surface area contributed by atoms with Gasteiger partial charge < -0.3 is 15.5 Å². The molecule has 1 aliphatic rings. The van der Waals surface area contributed by atoms with E-state index < -0.39 is 0 Å². The first kappa shape index (κ1) is 14.9. The molecular weight excluding hydrogens is 300 g/mol. The molecule has 1 aromatic carbocycles. The van der Waals surface area contributed by atoms with Gasteiger partial charge in [-0.25, -0.2) is 4.98 Å². The van der Waals surface area contributed by atoms with Crippen LogP contribution in [0.4, 0.5) is 0 Å². The third-order valence-electron chi connectivity index (χ3n) is 4.59. The molecule has 24 heavy (non-hydrogen) atoms. The Kier molecular flexibility index (Phi) is 3.78. The van der Waals surface area contributed by atoms with Crippen molar-refractivity contribution in [1.82, 2.24) is 14.7 Å². The highest BCUT2D eigenvalue weighted by Crippen LogP contribution is 2.20. The Balaban J connectivity index is 1.58. The summed E-state index contributed by atoms with van der Waals surface area (Å²) in [4.78, 5) is 17.1. The molecule has 5 nitrogen and oxygen atoms in total. The summed E-state index contributed by atoms with van der Waals surface area (Å²) in [6, 6.07) is 14.1. The SMILES string of the molecule is N[C@@H]1CC[C@@H](NC(=O)c2ccc3nc(-c4ccccc4)cn3c2)C1. The molecule has 4 rings (SSSR count). The Morgan fingerprint density at radius 2 is 1.96 bits per heavy atom. The third kappa shape index (κ3) is 2.90. The molecule has 3 aromatic rings. The summed E-state index contributed by atoms with van der Waals surface area (Å²) in [5.74, 6) is -0.0500. The number of hydrogen-bond acceptors (Lipinski definition) is 3. The van der Waals surface area contributed by atoms with E-state index in [4.69, 9.17) is 5.73 Å². The van der Waals surface area contributed by atoms with Crippen LogP contribution in [-0.4, -0.2) is 27.4 Å². The van der Waals surface area contributed by atoms with Crippen molar-refractivity contribution >= 4 is 11.6 Å². The van der Waals surface area contributed by atoms with Gasteiger partial charge in [-0.1, -0.05) is 30.3 Å². The fourth-order valence-corrected chi connectivity index (χ4v) is 3.29. The molecule has 0 spiro atoms. The molecule has 0 saturated heterocycles. The zero-order valence-electron chi connectivity index (χ0n) is 13.4. The number of hydrogen-bond donors (Lipinski definition) is 2. The zero-order chi connectivity index (χ0) is 16.5.